The van der Waals surface area contributed by atoms with Crippen molar-refractivity contribution in [3.05, 3.63) is 47.8 Å². The molecule has 3 rings (SSSR count). The van der Waals surface area contributed by atoms with Crippen LogP contribution in [0.15, 0.2) is 41.7 Å². The average Bonchev–Trinajstić information content (AvgIpc) is 3.06. The molecule has 1 aliphatic rings. The number of aromatic nitrogens is 2. The molecule has 1 aromatic heterocycles. The maximum Gasteiger partial charge on any atom is 0.234 e. The molecule has 23 heavy (non-hydrogen) atoms. The largest absolute Gasteiger partial charge is 0.369 e. The fourth-order valence-electron chi connectivity index (χ4n) is 2.61. The minimum atomic E-state index is -0.355. The molecule has 2 heterocycles. The Hall–Kier alpha value is -3.14. The first-order valence-corrected chi connectivity index (χ1v) is 7.17. The number of amides is 1. The summed E-state index contributed by atoms with van der Waals surface area (Å²) >= 11 is 0. The molecular weight excluding hydrogens is 292 g/mol. The zero-order chi connectivity index (χ0) is 16.6. The van der Waals surface area contributed by atoms with E-state index in [-0.39, 0.29) is 23.8 Å². The van der Waals surface area contributed by atoms with Crippen molar-refractivity contribution in [3.63, 3.8) is 0 Å². The molecule has 0 aliphatic carbocycles. The molecule has 2 N–H and O–H groups in total. The van der Waals surface area contributed by atoms with Gasteiger partial charge in [-0.3, -0.25) is 9.69 Å². The van der Waals surface area contributed by atoms with Crippen LogP contribution < -0.4 is 5.73 Å². The number of nitrogens with two attached hydrogens (primary N) is 1. The van der Waals surface area contributed by atoms with Crippen LogP contribution in [0.4, 0.5) is 0 Å². The molecule has 0 spiro atoms. The van der Waals surface area contributed by atoms with Crippen LogP contribution in [-0.4, -0.2) is 33.6 Å². The lowest BCUT2D eigenvalue weighted by molar-refractivity contribution is -0.131. The molecule has 7 heteroatoms. The van der Waals surface area contributed by atoms with Gasteiger partial charge < -0.3 is 5.73 Å². The Bertz CT molecular complexity index is 831. The van der Waals surface area contributed by atoms with Gasteiger partial charge in [0.05, 0.1) is 35.5 Å². The summed E-state index contributed by atoms with van der Waals surface area (Å²) in [5.41, 5.74) is 7.95. The van der Waals surface area contributed by atoms with Gasteiger partial charge in [0.25, 0.3) is 0 Å². The Morgan fingerprint density at radius 2 is 2.17 bits per heavy atom. The third kappa shape index (κ3) is 2.55. The third-order valence-electron chi connectivity index (χ3n) is 3.99. The molecule has 2 unspecified atom stereocenters. The Labute approximate surface area is 133 Å². The first kappa shape index (κ1) is 14.8. The predicted octanol–water partition coefficient (Wildman–Crippen LogP) is 1.21. The van der Waals surface area contributed by atoms with Crippen molar-refractivity contribution in [3.8, 4) is 11.8 Å². The number of hydrogen-bond acceptors (Lipinski definition) is 5. The SMILES string of the molecule is CC1C(=O)N(C)C(N)=NC1c1cnn(-c2cccc(C#N)c2)c1. The Kier molecular flexibility index (Phi) is 3.58. The summed E-state index contributed by atoms with van der Waals surface area (Å²) in [6.45, 7) is 1.83. The van der Waals surface area contributed by atoms with Crippen LogP contribution in [0.5, 0.6) is 0 Å². The lowest BCUT2D eigenvalue weighted by Crippen LogP contribution is -2.46. The highest BCUT2D eigenvalue weighted by Crippen LogP contribution is 2.30. The first-order chi connectivity index (χ1) is 11.0. The van der Waals surface area contributed by atoms with Crippen LogP contribution >= 0.6 is 0 Å². The van der Waals surface area contributed by atoms with Crippen molar-refractivity contribution in [2.75, 3.05) is 7.05 Å². The second kappa shape index (κ2) is 5.57. The summed E-state index contributed by atoms with van der Waals surface area (Å²) in [5.74, 6) is -0.172. The van der Waals surface area contributed by atoms with E-state index in [0.29, 0.717) is 5.56 Å². The molecule has 2 aromatic rings. The number of hydrogen-bond donors (Lipinski definition) is 1. The van der Waals surface area contributed by atoms with Gasteiger partial charge in [-0.25, -0.2) is 9.67 Å². The van der Waals surface area contributed by atoms with Crippen LogP contribution in [0.1, 0.15) is 24.1 Å². The Morgan fingerprint density at radius 1 is 1.39 bits per heavy atom. The van der Waals surface area contributed by atoms with E-state index in [1.165, 1.54) is 4.90 Å². The van der Waals surface area contributed by atoms with Crippen LogP contribution in [-0.2, 0) is 4.79 Å². The van der Waals surface area contributed by atoms with Crippen molar-refractivity contribution in [2.24, 2.45) is 16.6 Å². The number of aliphatic imine (C=N–C) groups is 1. The first-order valence-electron chi connectivity index (χ1n) is 7.17. The molecule has 116 valence electrons. The fraction of sp³-hybridized carbons (Fsp3) is 0.250. The van der Waals surface area contributed by atoms with Gasteiger partial charge in [0.1, 0.15) is 0 Å². The molecule has 0 saturated carbocycles. The molecule has 1 amide bonds. The van der Waals surface area contributed by atoms with E-state index in [1.807, 2.05) is 19.2 Å². The van der Waals surface area contributed by atoms with Crippen LogP contribution in [0.3, 0.4) is 0 Å². The molecule has 0 bridgehead atoms. The zero-order valence-corrected chi connectivity index (χ0v) is 12.8. The molecule has 0 radical (unpaired) electrons. The summed E-state index contributed by atoms with van der Waals surface area (Å²) in [6, 6.07) is 8.88. The number of benzene rings is 1. The summed E-state index contributed by atoms with van der Waals surface area (Å²) in [6.07, 6.45) is 3.49. The minimum Gasteiger partial charge on any atom is -0.369 e. The van der Waals surface area contributed by atoms with E-state index < -0.39 is 0 Å². The molecular formula is C16H16N6O. The number of nitrogens with zero attached hydrogens (tertiary/aromatic N) is 5. The molecule has 1 aromatic carbocycles. The normalized spacial score (nSPS) is 21.0. The van der Waals surface area contributed by atoms with Crippen LogP contribution in [0, 0.1) is 17.2 Å². The second-order valence-corrected chi connectivity index (χ2v) is 5.50. The van der Waals surface area contributed by atoms with Gasteiger partial charge in [-0.1, -0.05) is 13.0 Å². The number of rotatable bonds is 2. The van der Waals surface area contributed by atoms with Crippen LogP contribution in [0.2, 0.25) is 0 Å². The number of carbonyl (C=O) groups is 1. The number of nitriles is 1. The van der Waals surface area contributed by atoms with E-state index in [9.17, 15) is 4.79 Å². The van der Waals surface area contributed by atoms with E-state index >= 15 is 0 Å². The van der Waals surface area contributed by atoms with Crippen molar-refractivity contribution < 1.29 is 4.79 Å². The highest BCUT2D eigenvalue weighted by Gasteiger charge is 2.34. The maximum absolute atomic E-state index is 12.2. The topological polar surface area (TPSA) is 100 Å². The van der Waals surface area contributed by atoms with Crippen molar-refractivity contribution >= 4 is 11.9 Å². The molecule has 7 nitrogen and oxygen atoms in total. The summed E-state index contributed by atoms with van der Waals surface area (Å²) in [4.78, 5) is 17.9. The van der Waals surface area contributed by atoms with E-state index in [2.05, 4.69) is 16.2 Å². The monoisotopic (exact) mass is 308 g/mol. The van der Waals surface area contributed by atoms with E-state index in [0.717, 1.165) is 11.3 Å². The quantitative estimate of drug-likeness (QED) is 0.901. The van der Waals surface area contributed by atoms with E-state index in [4.69, 9.17) is 11.0 Å². The number of carbonyl (C=O) groups excluding carboxylic acids is 1. The number of guanidine groups is 1. The van der Waals surface area contributed by atoms with Crippen molar-refractivity contribution in [1.29, 1.82) is 5.26 Å². The minimum absolute atomic E-state index is 0.0678. The molecule has 0 fully saturated rings. The summed E-state index contributed by atoms with van der Waals surface area (Å²) in [5, 5.41) is 13.3. The highest BCUT2D eigenvalue weighted by molar-refractivity contribution is 5.99. The lowest BCUT2D eigenvalue weighted by Gasteiger charge is -2.30. The average molecular weight is 308 g/mol. The fourth-order valence-corrected chi connectivity index (χ4v) is 2.61. The van der Waals surface area contributed by atoms with Gasteiger partial charge in [0.2, 0.25) is 5.91 Å². The lowest BCUT2D eigenvalue weighted by atomic mass is 9.95. The highest BCUT2D eigenvalue weighted by atomic mass is 16.2. The van der Waals surface area contributed by atoms with Gasteiger partial charge in [-0.2, -0.15) is 10.4 Å². The second-order valence-electron chi connectivity index (χ2n) is 5.50. The van der Waals surface area contributed by atoms with Crippen molar-refractivity contribution in [1.82, 2.24) is 14.7 Å². The van der Waals surface area contributed by atoms with Gasteiger partial charge in [-0.05, 0) is 18.2 Å². The predicted molar refractivity (Wildman–Crippen MR) is 84.6 cm³/mol. The maximum atomic E-state index is 12.2. The Balaban J connectivity index is 1.96. The standard InChI is InChI=1S/C16H16N6O/c1-10-14(20-16(18)21(2)15(10)23)12-8-19-22(9-12)13-5-3-4-11(6-13)7-17/h3-6,8-10,14H,1-2H3,(H2,18,20). The smallest absolute Gasteiger partial charge is 0.234 e. The summed E-state index contributed by atoms with van der Waals surface area (Å²) < 4.78 is 1.66. The van der Waals surface area contributed by atoms with Gasteiger partial charge in [0, 0.05) is 18.8 Å². The molecule has 2 atom stereocenters. The Morgan fingerprint density at radius 3 is 2.91 bits per heavy atom. The molecule has 0 saturated heterocycles. The van der Waals surface area contributed by atoms with Gasteiger partial charge in [-0.15, -0.1) is 0 Å². The zero-order valence-electron chi connectivity index (χ0n) is 12.8. The van der Waals surface area contributed by atoms with Gasteiger partial charge in [0.15, 0.2) is 5.96 Å². The van der Waals surface area contributed by atoms with Gasteiger partial charge >= 0.3 is 0 Å². The van der Waals surface area contributed by atoms with E-state index in [1.54, 1.807) is 36.1 Å². The van der Waals surface area contributed by atoms with Crippen molar-refractivity contribution in [2.45, 2.75) is 13.0 Å². The van der Waals surface area contributed by atoms with Crippen LogP contribution in [0.25, 0.3) is 5.69 Å². The third-order valence-corrected chi connectivity index (χ3v) is 3.99. The summed E-state index contributed by atoms with van der Waals surface area (Å²) in [7, 11) is 1.62. The molecule has 1 aliphatic heterocycles.